The van der Waals surface area contributed by atoms with Gasteiger partial charge in [0.05, 0.1) is 30.0 Å². The van der Waals surface area contributed by atoms with Crippen LogP contribution in [0.3, 0.4) is 0 Å². The molecule has 1 aliphatic heterocycles. The molecule has 1 amide bonds. The fourth-order valence-electron chi connectivity index (χ4n) is 5.22. The lowest BCUT2D eigenvalue weighted by Crippen LogP contribution is -2.51. The van der Waals surface area contributed by atoms with Gasteiger partial charge >= 0.3 is 0 Å². The van der Waals surface area contributed by atoms with Gasteiger partial charge < -0.3 is 10.1 Å². The number of ether oxygens (including phenoxy) is 1. The summed E-state index contributed by atoms with van der Waals surface area (Å²) in [5, 5.41) is 21.8. The number of nitrogens with one attached hydrogen (secondary N) is 1. The molecule has 2 aliphatic carbocycles. The molecule has 1 saturated carbocycles. The summed E-state index contributed by atoms with van der Waals surface area (Å²) in [5.41, 5.74) is 0.199. The maximum absolute atomic E-state index is 13.4. The third kappa shape index (κ3) is 2.52. The molecule has 1 saturated heterocycles. The molecule has 28 heavy (non-hydrogen) atoms. The van der Waals surface area contributed by atoms with E-state index in [9.17, 15) is 15.3 Å². The Bertz CT molecular complexity index is 893. The summed E-state index contributed by atoms with van der Waals surface area (Å²) in [7, 11) is 0. The van der Waals surface area contributed by atoms with Crippen molar-refractivity contribution in [1.29, 1.82) is 10.5 Å². The predicted molar refractivity (Wildman–Crippen MR) is 99.2 cm³/mol. The highest BCUT2D eigenvalue weighted by atomic mass is 16.5. The Morgan fingerprint density at radius 2 is 1.93 bits per heavy atom. The zero-order chi connectivity index (χ0) is 19.9. The predicted octanol–water partition coefficient (Wildman–Crippen LogP) is 0.823. The van der Waals surface area contributed by atoms with Crippen LogP contribution in [0.25, 0.3) is 0 Å². The zero-order valence-corrected chi connectivity index (χ0v) is 16.3. The van der Waals surface area contributed by atoms with Crippen LogP contribution in [0.4, 0.5) is 0 Å². The van der Waals surface area contributed by atoms with Gasteiger partial charge in [-0.15, -0.1) is 0 Å². The molecule has 1 N–H and O–H groups in total. The first-order valence-corrected chi connectivity index (χ1v) is 9.76. The lowest BCUT2D eigenvalue weighted by molar-refractivity contribution is -0.130. The molecule has 3 aliphatic rings. The van der Waals surface area contributed by atoms with Crippen LogP contribution in [0, 0.1) is 28.1 Å². The van der Waals surface area contributed by atoms with E-state index in [1.54, 1.807) is 0 Å². The third-order valence-corrected chi connectivity index (χ3v) is 6.85. The maximum Gasteiger partial charge on any atom is 0.232 e. The average molecular weight is 380 g/mol. The zero-order valence-electron chi connectivity index (χ0n) is 16.3. The first-order chi connectivity index (χ1) is 13.5. The van der Waals surface area contributed by atoms with Gasteiger partial charge in [-0.25, -0.2) is 9.97 Å². The molecule has 0 aromatic carbocycles. The Balaban J connectivity index is 1.61. The summed E-state index contributed by atoms with van der Waals surface area (Å²) in [6.45, 7) is 8.72. The van der Waals surface area contributed by atoms with Gasteiger partial charge in [-0.1, -0.05) is 13.8 Å². The monoisotopic (exact) mass is 380 g/mol. The molecular formula is C20H24N6O2. The number of carbonyl (C=O) groups is 1. The Hall–Kier alpha value is -2.55. The fraction of sp³-hybridized carbons (Fsp3) is 0.650. The summed E-state index contributed by atoms with van der Waals surface area (Å²) in [6.07, 6.45) is 1.52. The highest BCUT2D eigenvalue weighted by Crippen LogP contribution is 2.67. The second-order valence-electron chi connectivity index (χ2n) is 8.31. The number of hydrogen-bond donors (Lipinski definition) is 1. The minimum Gasteiger partial charge on any atom is -0.379 e. The molecule has 8 heteroatoms. The normalized spacial score (nSPS) is 27.6. The lowest BCUT2D eigenvalue weighted by Gasteiger charge is -2.36. The average Bonchev–Trinajstić information content (AvgIpc) is 3.09. The van der Waals surface area contributed by atoms with E-state index in [0.717, 1.165) is 45.0 Å². The van der Waals surface area contributed by atoms with Crippen LogP contribution >= 0.6 is 0 Å². The molecule has 2 unspecified atom stereocenters. The molecule has 2 atom stereocenters. The molecule has 146 valence electrons. The molecule has 1 aromatic heterocycles. The molecule has 1 aromatic rings. The molecule has 8 nitrogen and oxygen atoms in total. The van der Waals surface area contributed by atoms with E-state index in [-0.39, 0.29) is 28.6 Å². The smallest absolute Gasteiger partial charge is 0.232 e. The Labute approximate surface area is 164 Å². The van der Waals surface area contributed by atoms with E-state index in [4.69, 9.17) is 4.74 Å². The number of rotatable bonds is 4. The van der Waals surface area contributed by atoms with Crippen LogP contribution < -0.4 is 5.32 Å². The van der Waals surface area contributed by atoms with Crippen molar-refractivity contribution in [2.75, 3.05) is 39.4 Å². The summed E-state index contributed by atoms with van der Waals surface area (Å²) in [6, 6.07) is 3.92. The second kappa shape index (κ2) is 6.80. The molecular weight excluding hydrogens is 356 g/mol. The van der Waals surface area contributed by atoms with Gasteiger partial charge in [-0.3, -0.25) is 9.69 Å². The SMILES string of the molecule is CC1(C)C2CCC1(C(=O)NCCN1CCOCC1)c1nc(C#N)c(C#N)nc12. The number of nitriles is 2. The van der Waals surface area contributed by atoms with Gasteiger partial charge in [-0.05, 0) is 18.3 Å². The van der Waals surface area contributed by atoms with Crippen molar-refractivity contribution in [3.8, 4) is 12.1 Å². The van der Waals surface area contributed by atoms with Gasteiger partial charge in [0, 0.05) is 32.1 Å². The molecule has 2 heterocycles. The molecule has 2 bridgehead atoms. The van der Waals surface area contributed by atoms with Gasteiger partial charge in [0.15, 0.2) is 11.4 Å². The maximum atomic E-state index is 13.4. The van der Waals surface area contributed by atoms with Crippen LogP contribution in [-0.2, 0) is 14.9 Å². The van der Waals surface area contributed by atoms with Crippen LogP contribution in [0.2, 0.25) is 0 Å². The quantitative estimate of drug-likeness (QED) is 0.822. The highest BCUT2D eigenvalue weighted by Gasteiger charge is 2.67. The van der Waals surface area contributed by atoms with E-state index in [1.807, 2.05) is 12.1 Å². The summed E-state index contributed by atoms with van der Waals surface area (Å²) in [4.78, 5) is 24.6. The Morgan fingerprint density at radius 3 is 2.61 bits per heavy atom. The first kappa shape index (κ1) is 18.8. The molecule has 2 fully saturated rings. The van der Waals surface area contributed by atoms with E-state index in [2.05, 4.69) is 34.0 Å². The minimum absolute atomic E-state index is 0.00471. The summed E-state index contributed by atoms with van der Waals surface area (Å²) >= 11 is 0. The van der Waals surface area contributed by atoms with Crippen molar-refractivity contribution in [2.45, 2.75) is 38.0 Å². The van der Waals surface area contributed by atoms with Gasteiger partial charge in [0.1, 0.15) is 12.1 Å². The van der Waals surface area contributed by atoms with E-state index < -0.39 is 5.41 Å². The third-order valence-electron chi connectivity index (χ3n) is 6.85. The summed E-state index contributed by atoms with van der Waals surface area (Å²) < 4.78 is 5.36. The lowest BCUT2D eigenvalue weighted by atomic mass is 9.67. The number of fused-ring (bicyclic) bond motifs is 5. The minimum atomic E-state index is -0.801. The number of carbonyl (C=O) groups excluding carboxylic acids is 1. The van der Waals surface area contributed by atoms with Gasteiger partial charge in [0.25, 0.3) is 0 Å². The molecule has 0 spiro atoms. The number of morpholine rings is 1. The van der Waals surface area contributed by atoms with Crippen molar-refractivity contribution < 1.29 is 9.53 Å². The summed E-state index contributed by atoms with van der Waals surface area (Å²) in [5.74, 6) is 0.0229. The molecule has 4 rings (SSSR count). The number of hydrogen-bond acceptors (Lipinski definition) is 7. The van der Waals surface area contributed by atoms with Crippen molar-refractivity contribution in [1.82, 2.24) is 20.2 Å². The van der Waals surface area contributed by atoms with Crippen molar-refractivity contribution >= 4 is 5.91 Å². The van der Waals surface area contributed by atoms with Crippen LogP contribution in [0.1, 0.15) is 55.4 Å². The van der Waals surface area contributed by atoms with Crippen LogP contribution in [0.15, 0.2) is 0 Å². The first-order valence-electron chi connectivity index (χ1n) is 9.76. The van der Waals surface area contributed by atoms with E-state index >= 15 is 0 Å². The highest BCUT2D eigenvalue weighted by molar-refractivity contribution is 5.91. The van der Waals surface area contributed by atoms with Crippen molar-refractivity contribution in [3.05, 3.63) is 22.8 Å². The van der Waals surface area contributed by atoms with Crippen molar-refractivity contribution in [3.63, 3.8) is 0 Å². The van der Waals surface area contributed by atoms with Gasteiger partial charge in [-0.2, -0.15) is 10.5 Å². The number of nitrogens with zero attached hydrogens (tertiary/aromatic N) is 5. The Morgan fingerprint density at radius 1 is 1.25 bits per heavy atom. The molecule has 0 radical (unpaired) electrons. The second-order valence-corrected chi connectivity index (χ2v) is 8.31. The van der Waals surface area contributed by atoms with Gasteiger partial charge in [0.2, 0.25) is 5.91 Å². The number of amides is 1. The largest absolute Gasteiger partial charge is 0.379 e. The van der Waals surface area contributed by atoms with Crippen LogP contribution in [-0.4, -0.2) is 60.2 Å². The van der Waals surface area contributed by atoms with Crippen LogP contribution in [0.5, 0.6) is 0 Å². The van der Waals surface area contributed by atoms with E-state index in [1.165, 1.54) is 0 Å². The topological polar surface area (TPSA) is 115 Å². The standard InChI is InChI=1S/C20H24N6O2/c1-19(2)13-3-4-20(19,17-16(13)24-14(11-21)15(12-22)25-17)18(27)23-5-6-26-7-9-28-10-8-26/h13H,3-10H2,1-2H3,(H,23,27). The number of aromatic nitrogens is 2. The Kier molecular flexibility index (Phi) is 4.57. The van der Waals surface area contributed by atoms with Crippen molar-refractivity contribution in [2.24, 2.45) is 5.41 Å². The fourth-order valence-corrected chi connectivity index (χ4v) is 5.22. The van der Waals surface area contributed by atoms with E-state index in [0.29, 0.717) is 18.7 Å².